The molecule has 0 spiro atoms. The predicted octanol–water partition coefficient (Wildman–Crippen LogP) is 7.50. The Morgan fingerprint density at radius 3 is 2.30 bits per heavy atom. The van der Waals surface area contributed by atoms with Gasteiger partial charge in [-0.25, -0.2) is 0 Å². The Kier molecular flexibility index (Phi) is 7.18. The van der Waals surface area contributed by atoms with E-state index < -0.39 is 0 Å². The lowest BCUT2D eigenvalue weighted by atomic mass is 10.1. The van der Waals surface area contributed by atoms with E-state index in [1.165, 1.54) is 0 Å². The van der Waals surface area contributed by atoms with Crippen LogP contribution in [0.4, 0.5) is 5.69 Å². The molecule has 4 rings (SSSR count). The van der Waals surface area contributed by atoms with Crippen molar-refractivity contribution in [1.29, 1.82) is 0 Å². The summed E-state index contributed by atoms with van der Waals surface area (Å²) in [4.78, 5) is 12.8. The van der Waals surface area contributed by atoms with Gasteiger partial charge in [0.1, 0.15) is 18.1 Å². The Bertz CT molecular complexity index is 1260. The van der Waals surface area contributed by atoms with E-state index in [9.17, 15) is 4.79 Å². The fourth-order valence-electron chi connectivity index (χ4n) is 3.36. The molecule has 0 saturated carbocycles. The molecular weight excluding hydrogens is 457 g/mol. The first-order valence-electron chi connectivity index (χ1n) is 10.2. The van der Waals surface area contributed by atoms with Crippen LogP contribution in [0, 0.1) is 0 Å². The van der Waals surface area contributed by atoms with E-state index in [0.717, 1.165) is 22.4 Å². The Balaban J connectivity index is 1.48. The summed E-state index contributed by atoms with van der Waals surface area (Å²) in [6.07, 6.45) is 0. The largest absolute Gasteiger partial charge is 0.496 e. The average molecular weight is 478 g/mol. The van der Waals surface area contributed by atoms with Gasteiger partial charge in [-0.05, 0) is 59.7 Å². The molecule has 0 aliphatic carbocycles. The van der Waals surface area contributed by atoms with Crippen molar-refractivity contribution in [1.82, 2.24) is 0 Å². The number of methoxy groups -OCH3 is 1. The van der Waals surface area contributed by atoms with Crippen molar-refractivity contribution < 1.29 is 14.3 Å². The monoisotopic (exact) mass is 477 g/mol. The molecule has 166 valence electrons. The fraction of sp³-hybridized carbons (Fsp3) is 0.0741. The van der Waals surface area contributed by atoms with Crippen molar-refractivity contribution in [3.8, 4) is 22.6 Å². The molecule has 0 fully saturated rings. The van der Waals surface area contributed by atoms with Gasteiger partial charge in [0.25, 0.3) is 5.91 Å². The predicted molar refractivity (Wildman–Crippen MR) is 134 cm³/mol. The molecule has 4 aromatic carbocycles. The van der Waals surface area contributed by atoms with Crippen molar-refractivity contribution in [3.05, 3.63) is 112 Å². The summed E-state index contributed by atoms with van der Waals surface area (Å²) in [6.45, 7) is 0.243. The fourth-order valence-corrected chi connectivity index (χ4v) is 3.69. The van der Waals surface area contributed by atoms with E-state index in [-0.39, 0.29) is 12.5 Å². The van der Waals surface area contributed by atoms with Crippen molar-refractivity contribution in [2.75, 3.05) is 12.4 Å². The molecule has 0 atom stereocenters. The second kappa shape index (κ2) is 10.4. The third kappa shape index (κ3) is 5.67. The van der Waals surface area contributed by atoms with E-state index in [1.807, 2.05) is 42.5 Å². The Hall–Kier alpha value is -3.47. The smallest absolute Gasteiger partial charge is 0.255 e. The Labute approximate surface area is 202 Å². The van der Waals surface area contributed by atoms with Crippen molar-refractivity contribution in [2.24, 2.45) is 0 Å². The number of benzene rings is 4. The summed E-state index contributed by atoms with van der Waals surface area (Å²) in [5, 5.41) is 3.68. The summed E-state index contributed by atoms with van der Waals surface area (Å²) in [5.74, 6) is 1.04. The minimum Gasteiger partial charge on any atom is -0.496 e. The third-order valence-corrected chi connectivity index (χ3v) is 5.64. The molecular formula is C27H21Cl2NO3. The lowest BCUT2D eigenvalue weighted by molar-refractivity contribution is 0.102. The van der Waals surface area contributed by atoms with Gasteiger partial charge in [0.2, 0.25) is 0 Å². The summed E-state index contributed by atoms with van der Waals surface area (Å²) in [7, 11) is 1.58. The first-order chi connectivity index (χ1) is 16.0. The highest BCUT2D eigenvalue weighted by atomic mass is 35.5. The molecule has 0 heterocycles. The summed E-state index contributed by atoms with van der Waals surface area (Å²) >= 11 is 12.2. The van der Waals surface area contributed by atoms with Gasteiger partial charge in [0.05, 0.1) is 17.8 Å². The number of ether oxygens (including phenoxy) is 2. The Morgan fingerprint density at radius 1 is 0.848 bits per heavy atom. The van der Waals surface area contributed by atoms with E-state index in [0.29, 0.717) is 27.0 Å². The molecule has 4 aromatic rings. The highest BCUT2D eigenvalue weighted by Crippen LogP contribution is 2.28. The SMILES string of the molecule is COc1ccc(C(=O)Nc2cc(Cl)ccc2Cl)cc1COc1ccc(-c2ccccc2)cc1. The van der Waals surface area contributed by atoms with E-state index in [4.69, 9.17) is 32.7 Å². The van der Waals surface area contributed by atoms with Crippen LogP contribution in [0.25, 0.3) is 11.1 Å². The molecule has 0 aromatic heterocycles. The standard InChI is InChI=1S/C27H21Cl2NO3/c1-32-26-14-9-20(27(31)30-25-16-22(28)10-13-24(25)29)15-21(26)17-33-23-11-7-19(8-12-23)18-5-3-2-4-6-18/h2-16H,17H2,1H3,(H,30,31). The molecule has 0 bridgehead atoms. The first-order valence-corrected chi connectivity index (χ1v) is 11.0. The summed E-state index contributed by atoms with van der Waals surface area (Å²) in [5.41, 5.74) is 3.89. The van der Waals surface area contributed by atoms with E-state index >= 15 is 0 Å². The maximum absolute atomic E-state index is 12.8. The zero-order valence-electron chi connectivity index (χ0n) is 17.8. The van der Waals surface area contributed by atoms with E-state index in [1.54, 1.807) is 43.5 Å². The van der Waals surface area contributed by atoms with Crippen molar-refractivity contribution in [3.63, 3.8) is 0 Å². The van der Waals surface area contributed by atoms with Gasteiger partial charge in [0.15, 0.2) is 0 Å². The number of halogens is 2. The van der Waals surface area contributed by atoms with Crippen LogP contribution in [0.3, 0.4) is 0 Å². The zero-order chi connectivity index (χ0) is 23.2. The number of carbonyl (C=O) groups is 1. The molecule has 0 radical (unpaired) electrons. The quantitative estimate of drug-likeness (QED) is 0.299. The van der Waals surface area contributed by atoms with Crippen LogP contribution in [-0.4, -0.2) is 13.0 Å². The average Bonchev–Trinajstić information content (AvgIpc) is 2.85. The molecule has 0 aliphatic heterocycles. The molecule has 6 heteroatoms. The van der Waals surface area contributed by atoms with Crippen molar-refractivity contribution >= 4 is 34.8 Å². The normalized spacial score (nSPS) is 10.5. The molecule has 33 heavy (non-hydrogen) atoms. The van der Waals surface area contributed by atoms with Gasteiger partial charge in [-0.15, -0.1) is 0 Å². The Morgan fingerprint density at radius 2 is 1.58 bits per heavy atom. The van der Waals surface area contributed by atoms with Crippen molar-refractivity contribution in [2.45, 2.75) is 6.61 Å². The summed E-state index contributed by atoms with van der Waals surface area (Å²) in [6, 6.07) is 28.1. The third-order valence-electron chi connectivity index (χ3n) is 5.07. The molecule has 1 amide bonds. The van der Waals surface area contributed by atoms with Gasteiger partial charge in [-0.3, -0.25) is 4.79 Å². The minimum atomic E-state index is -0.310. The molecule has 0 saturated heterocycles. The second-order valence-corrected chi connectivity index (χ2v) is 8.13. The number of carbonyl (C=O) groups excluding carboxylic acids is 1. The highest BCUT2D eigenvalue weighted by molar-refractivity contribution is 6.35. The zero-order valence-corrected chi connectivity index (χ0v) is 19.4. The molecule has 4 nitrogen and oxygen atoms in total. The van der Waals surface area contributed by atoms with Crippen LogP contribution in [0.15, 0.2) is 91.0 Å². The maximum atomic E-state index is 12.8. The molecule has 0 unspecified atom stereocenters. The topological polar surface area (TPSA) is 47.6 Å². The maximum Gasteiger partial charge on any atom is 0.255 e. The number of rotatable bonds is 7. The lowest BCUT2D eigenvalue weighted by Gasteiger charge is -2.13. The van der Waals surface area contributed by atoms with Gasteiger partial charge >= 0.3 is 0 Å². The minimum absolute atomic E-state index is 0.243. The van der Waals surface area contributed by atoms with Crippen LogP contribution in [0.1, 0.15) is 15.9 Å². The molecule has 0 aliphatic rings. The number of nitrogens with one attached hydrogen (secondary N) is 1. The van der Waals surface area contributed by atoms with Gasteiger partial charge in [-0.2, -0.15) is 0 Å². The number of hydrogen-bond acceptors (Lipinski definition) is 3. The summed E-state index contributed by atoms with van der Waals surface area (Å²) < 4.78 is 11.4. The number of amides is 1. The highest BCUT2D eigenvalue weighted by Gasteiger charge is 2.13. The van der Waals surface area contributed by atoms with Crippen LogP contribution in [-0.2, 0) is 6.61 Å². The number of anilines is 1. The lowest BCUT2D eigenvalue weighted by Crippen LogP contribution is -2.13. The van der Waals surface area contributed by atoms with Crippen LogP contribution in [0.2, 0.25) is 10.0 Å². The van der Waals surface area contributed by atoms with Crippen LogP contribution >= 0.6 is 23.2 Å². The van der Waals surface area contributed by atoms with Gasteiger partial charge in [0, 0.05) is 16.1 Å². The van der Waals surface area contributed by atoms with Crippen LogP contribution in [0.5, 0.6) is 11.5 Å². The first kappa shape index (κ1) is 22.7. The van der Waals surface area contributed by atoms with Gasteiger partial charge in [-0.1, -0.05) is 65.7 Å². The number of hydrogen-bond donors (Lipinski definition) is 1. The second-order valence-electron chi connectivity index (χ2n) is 7.28. The molecule has 1 N–H and O–H groups in total. The van der Waals surface area contributed by atoms with E-state index in [2.05, 4.69) is 17.4 Å². The van der Waals surface area contributed by atoms with Crippen LogP contribution < -0.4 is 14.8 Å². The van der Waals surface area contributed by atoms with Gasteiger partial charge < -0.3 is 14.8 Å².